The number of hydrogen-bond acceptors (Lipinski definition) is 5. The maximum atomic E-state index is 13.0. The van der Waals surface area contributed by atoms with Crippen LogP contribution >= 0.6 is 0 Å². The van der Waals surface area contributed by atoms with Crippen LogP contribution < -0.4 is 4.74 Å². The number of amides is 2. The molecule has 0 unspecified atom stereocenters. The molecule has 0 saturated carbocycles. The van der Waals surface area contributed by atoms with E-state index in [0.717, 1.165) is 22.6 Å². The van der Waals surface area contributed by atoms with Crippen molar-refractivity contribution in [2.75, 3.05) is 19.8 Å². The molecule has 0 atom stereocenters. The van der Waals surface area contributed by atoms with Gasteiger partial charge in [-0.05, 0) is 63.0 Å². The normalized spacial score (nSPS) is 16.0. The SMILES string of the molecule is CCCOc1ccc(/C=C2/C(=O)N(CCCOC(C)C)C(=O)C(C#N)=C2C)cc1. The number of rotatable bonds is 9. The average molecular weight is 396 g/mol. The molecular weight excluding hydrogens is 368 g/mol. The molecule has 6 nitrogen and oxygen atoms in total. The first-order valence-electron chi connectivity index (χ1n) is 9.92. The van der Waals surface area contributed by atoms with Gasteiger partial charge in [-0.1, -0.05) is 19.1 Å². The molecule has 29 heavy (non-hydrogen) atoms. The van der Waals surface area contributed by atoms with Gasteiger partial charge in [0.25, 0.3) is 11.8 Å². The molecule has 0 saturated heterocycles. The molecule has 2 rings (SSSR count). The fraction of sp³-hybridized carbons (Fsp3) is 0.435. The van der Waals surface area contributed by atoms with Gasteiger partial charge in [-0.3, -0.25) is 14.5 Å². The van der Waals surface area contributed by atoms with E-state index in [1.165, 1.54) is 0 Å². The molecule has 154 valence electrons. The summed E-state index contributed by atoms with van der Waals surface area (Å²) in [6, 6.07) is 9.33. The van der Waals surface area contributed by atoms with Gasteiger partial charge >= 0.3 is 0 Å². The first kappa shape index (κ1) is 22.4. The number of nitriles is 1. The lowest BCUT2D eigenvalue weighted by Gasteiger charge is -2.27. The van der Waals surface area contributed by atoms with E-state index in [2.05, 4.69) is 0 Å². The molecule has 0 fully saturated rings. The minimum absolute atomic E-state index is 0.00327. The number of imide groups is 1. The summed E-state index contributed by atoms with van der Waals surface area (Å²) < 4.78 is 11.1. The Morgan fingerprint density at radius 3 is 2.41 bits per heavy atom. The fourth-order valence-electron chi connectivity index (χ4n) is 2.92. The third-order valence-electron chi connectivity index (χ3n) is 4.47. The maximum absolute atomic E-state index is 13.0. The maximum Gasteiger partial charge on any atom is 0.271 e. The molecule has 6 heteroatoms. The summed E-state index contributed by atoms with van der Waals surface area (Å²) in [4.78, 5) is 26.7. The molecular formula is C23H28N2O4. The van der Waals surface area contributed by atoms with Crippen LogP contribution in [0.15, 0.2) is 41.0 Å². The van der Waals surface area contributed by atoms with Crippen molar-refractivity contribution in [2.45, 2.75) is 46.6 Å². The van der Waals surface area contributed by atoms with Crippen LogP contribution in [0.2, 0.25) is 0 Å². The summed E-state index contributed by atoms with van der Waals surface area (Å²) >= 11 is 0. The molecule has 0 aliphatic carbocycles. The summed E-state index contributed by atoms with van der Waals surface area (Å²) in [6.45, 7) is 8.83. The zero-order valence-corrected chi connectivity index (χ0v) is 17.5. The van der Waals surface area contributed by atoms with E-state index in [-0.39, 0.29) is 24.1 Å². The first-order valence-corrected chi connectivity index (χ1v) is 9.92. The van der Waals surface area contributed by atoms with E-state index in [1.807, 2.05) is 51.1 Å². The predicted molar refractivity (Wildman–Crippen MR) is 111 cm³/mol. The molecule has 0 aromatic heterocycles. The first-order chi connectivity index (χ1) is 13.9. The van der Waals surface area contributed by atoms with Crippen molar-refractivity contribution in [3.63, 3.8) is 0 Å². The molecule has 0 radical (unpaired) electrons. The summed E-state index contributed by atoms with van der Waals surface area (Å²) in [5.41, 5.74) is 1.56. The van der Waals surface area contributed by atoms with Gasteiger partial charge in [-0.25, -0.2) is 0 Å². The Hall–Kier alpha value is -2.91. The van der Waals surface area contributed by atoms with Gasteiger partial charge < -0.3 is 9.47 Å². The topological polar surface area (TPSA) is 79.6 Å². The highest BCUT2D eigenvalue weighted by Crippen LogP contribution is 2.27. The smallest absolute Gasteiger partial charge is 0.271 e. The van der Waals surface area contributed by atoms with Gasteiger partial charge in [-0.2, -0.15) is 5.26 Å². The molecule has 2 amide bonds. The number of benzene rings is 1. The Morgan fingerprint density at radius 1 is 1.14 bits per heavy atom. The van der Waals surface area contributed by atoms with Crippen LogP contribution in [0.1, 0.15) is 46.1 Å². The second-order valence-corrected chi connectivity index (χ2v) is 7.12. The molecule has 1 aromatic rings. The molecule has 0 N–H and O–H groups in total. The van der Waals surface area contributed by atoms with Crippen LogP contribution in [0.25, 0.3) is 6.08 Å². The lowest BCUT2D eigenvalue weighted by Crippen LogP contribution is -2.43. The fourth-order valence-corrected chi connectivity index (χ4v) is 2.92. The van der Waals surface area contributed by atoms with Gasteiger partial charge in [0.2, 0.25) is 0 Å². The number of carbonyl (C=O) groups excluding carboxylic acids is 2. The largest absolute Gasteiger partial charge is 0.494 e. The van der Waals surface area contributed by atoms with Crippen LogP contribution in [-0.4, -0.2) is 42.6 Å². The third-order valence-corrected chi connectivity index (χ3v) is 4.47. The van der Waals surface area contributed by atoms with Crippen LogP contribution in [-0.2, 0) is 14.3 Å². The highest BCUT2D eigenvalue weighted by atomic mass is 16.5. The molecule has 0 spiro atoms. The van der Waals surface area contributed by atoms with E-state index in [9.17, 15) is 14.9 Å². The van der Waals surface area contributed by atoms with Crippen LogP contribution in [0, 0.1) is 11.3 Å². The average Bonchev–Trinajstić information content (AvgIpc) is 2.70. The minimum atomic E-state index is -0.542. The Balaban J connectivity index is 2.25. The van der Waals surface area contributed by atoms with Crippen molar-refractivity contribution in [2.24, 2.45) is 0 Å². The quantitative estimate of drug-likeness (QED) is 0.359. The Morgan fingerprint density at radius 2 is 1.83 bits per heavy atom. The lowest BCUT2D eigenvalue weighted by molar-refractivity contribution is -0.140. The van der Waals surface area contributed by atoms with Gasteiger partial charge in [0.05, 0.1) is 12.7 Å². The Bertz CT molecular complexity index is 845. The van der Waals surface area contributed by atoms with E-state index < -0.39 is 5.91 Å². The van der Waals surface area contributed by atoms with E-state index in [1.54, 1.807) is 13.0 Å². The van der Waals surface area contributed by atoms with Crippen LogP contribution in [0.5, 0.6) is 5.75 Å². The minimum Gasteiger partial charge on any atom is -0.494 e. The zero-order chi connectivity index (χ0) is 21.4. The van der Waals surface area contributed by atoms with E-state index >= 15 is 0 Å². The van der Waals surface area contributed by atoms with Crippen LogP contribution in [0.4, 0.5) is 0 Å². The van der Waals surface area contributed by atoms with Crippen molar-refractivity contribution in [3.05, 3.63) is 46.5 Å². The molecule has 0 bridgehead atoms. The van der Waals surface area contributed by atoms with Gasteiger partial charge in [0, 0.05) is 18.7 Å². The number of nitrogens with zero attached hydrogens (tertiary/aromatic N) is 2. The van der Waals surface area contributed by atoms with Crippen molar-refractivity contribution < 1.29 is 19.1 Å². The van der Waals surface area contributed by atoms with Crippen molar-refractivity contribution in [1.82, 2.24) is 4.90 Å². The number of hydrogen-bond donors (Lipinski definition) is 0. The highest BCUT2D eigenvalue weighted by Gasteiger charge is 2.35. The number of ether oxygens (including phenoxy) is 2. The second-order valence-electron chi connectivity index (χ2n) is 7.12. The third kappa shape index (κ3) is 5.78. The summed E-state index contributed by atoms with van der Waals surface area (Å²) in [5, 5.41) is 9.45. The second kappa shape index (κ2) is 10.6. The van der Waals surface area contributed by atoms with Gasteiger partial charge in [0.15, 0.2) is 0 Å². The van der Waals surface area contributed by atoms with Gasteiger partial charge in [0.1, 0.15) is 17.4 Å². The Labute approximate surface area is 172 Å². The summed E-state index contributed by atoms with van der Waals surface area (Å²) in [6.07, 6.45) is 3.24. The van der Waals surface area contributed by atoms with Crippen molar-refractivity contribution in [1.29, 1.82) is 5.26 Å². The highest BCUT2D eigenvalue weighted by molar-refractivity contribution is 6.19. The molecule has 1 aliphatic rings. The number of carbonyl (C=O) groups is 2. The Kier molecular flexibility index (Phi) is 8.17. The zero-order valence-electron chi connectivity index (χ0n) is 17.5. The summed E-state index contributed by atoms with van der Waals surface area (Å²) in [7, 11) is 0. The summed E-state index contributed by atoms with van der Waals surface area (Å²) in [5.74, 6) is -0.168. The molecule has 1 heterocycles. The van der Waals surface area contributed by atoms with Crippen molar-refractivity contribution >= 4 is 17.9 Å². The monoisotopic (exact) mass is 396 g/mol. The van der Waals surface area contributed by atoms with E-state index in [4.69, 9.17) is 9.47 Å². The molecule has 1 aliphatic heterocycles. The predicted octanol–water partition coefficient (Wildman–Crippen LogP) is 3.88. The van der Waals surface area contributed by atoms with Crippen molar-refractivity contribution in [3.8, 4) is 11.8 Å². The van der Waals surface area contributed by atoms with E-state index in [0.29, 0.717) is 30.8 Å². The molecule has 1 aromatic carbocycles. The van der Waals surface area contributed by atoms with Crippen LogP contribution in [0.3, 0.4) is 0 Å². The lowest BCUT2D eigenvalue weighted by atomic mass is 9.93. The standard InChI is InChI=1S/C23H28N2O4/c1-5-12-29-19-9-7-18(8-10-19)14-20-17(4)21(15-24)23(27)25(22(20)26)11-6-13-28-16(2)3/h7-10,14,16H,5-6,11-13H2,1-4H3/b20-14+. The van der Waals surface area contributed by atoms with Gasteiger partial charge in [-0.15, -0.1) is 0 Å².